The number of hydrogen-bond acceptors (Lipinski definition) is 4. The van der Waals surface area contributed by atoms with Crippen LogP contribution >= 0.6 is 0 Å². The lowest BCUT2D eigenvalue weighted by atomic mass is 9.89. The number of hydrogen-bond donors (Lipinski definition) is 1. The number of benzene rings is 3. The smallest absolute Gasteiger partial charge is 0.256 e. The maximum atomic E-state index is 13.9. The van der Waals surface area contributed by atoms with Gasteiger partial charge in [-0.05, 0) is 48.4 Å². The van der Waals surface area contributed by atoms with Crippen molar-refractivity contribution in [3.8, 4) is 0 Å². The van der Waals surface area contributed by atoms with E-state index in [2.05, 4.69) is 46.7 Å². The summed E-state index contributed by atoms with van der Waals surface area (Å²) < 4.78 is 7.00. The molecule has 4 aromatic rings. The molecule has 0 bridgehead atoms. The number of fused-ring (bicyclic) bond motifs is 1. The van der Waals surface area contributed by atoms with E-state index < -0.39 is 0 Å². The molecule has 0 unspecified atom stereocenters. The normalized spacial score (nSPS) is 14.1. The highest BCUT2D eigenvalue weighted by molar-refractivity contribution is 6.07. The van der Waals surface area contributed by atoms with Gasteiger partial charge in [0.25, 0.3) is 5.91 Å². The van der Waals surface area contributed by atoms with Crippen LogP contribution in [0.25, 0.3) is 11.0 Å². The fourth-order valence-corrected chi connectivity index (χ4v) is 5.15. The molecule has 1 aliphatic rings. The van der Waals surface area contributed by atoms with Gasteiger partial charge in [0.2, 0.25) is 5.91 Å². The molecule has 3 aromatic carbocycles. The molecule has 2 heterocycles. The van der Waals surface area contributed by atoms with Crippen molar-refractivity contribution in [3.05, 3.63) is 95.8 Å². The third-order valence-corrected chi connectivity index (χ3v) is 7.04. The molecule has 5 rings (SSSR count). The van der Waals surface area contributed by atoms with E-state index in [1.807, 2.05) is 39.8 Å². The zero-order valence-electron chi connectivity index (χ0n) is 21.1. The third kappa shape index (κ3) is 5.73. The first kappa shape index (κ1) is 24.7. The molecule has 1 N–H and O–H groups in total. The minimum atomic E-state index is -0.271. The molecule has 0 aliphatic carbocycles. The van der Waals surface area contributed by atoms with Crippen LogP contribution in [-0.4, -0.2) is 53.1 Å². The number of anilines is 1. The Bertz CT molecular complexity index is 1360. The summed E-state index contributed by atoms with van der Waals surface area (Å²) in [7, 11) is 1.48. The standard InChI is InChI=1S/C30H32N4O3/c1-37-20-28(35)32-25-18-26(30(36)33-16-13-24(14-17-33)23-10-6-3-7-11-23)29-27(19-25)31-21-34(29)15-12-22-8-4-2-5-9-22/h2-11,18-19,21,24H,12-17,20H2,1H3,(H,32,35). The van der Waals surface area contributed by atoms with Crippen molar-refractivity contribution in [2.75, 3.05) is 32.1 Å². The summed E-state index contributed by atoms with van der Waals surface area (Å²) in [5.74, 6) is 0.162. The summed E-state index contributed by atoms with van der Waals surface area (Å²) in [6.07, 6.45) is 4.47. The number of nitrogens with zero attached hydrogens (tertiary/aromatic N) is 3. The molecule has 37 heavy (non-hydrogen) atoms. The second kappa shape index (κ2) is 11.4. The average Bonchev–Trinajstić information content (AvgIpc) is 3.35. The van der Waals surface area contributed by atoms with Crippen LogP contribution in [0.4, 0.5) is 5.69 Å². The van der Waals surface area contributed by atoms with Gasteiger partial charge in [-0.2, -0.15) is 0 Å². The van der Waals surface area contributed by atoms with Gasteiger partial charge in [0.15, 0.2) is 0 Å². The third-order valence-electron chi connectivity index (χ3n) is 7.04. The van der Waals surface area contributed by atoms with Crippen LogP contribution in [0.2, 0.25) is 0 Å². The first-order valence-corrected chi connectivity index (χ1v) is 12.8. The minimum Gasteiger partial charge on any atom is -0.375 e. The molecule has 2 amide bonds. The van der Waals surface area contributed by atoms with Gasteiger partial charge >= 0.3 is 0 Å². The van der Waals surface area contributed by atoms with E-state index in [-0.39, 0.29) is 18.4 Å². The zero-order chi connectivity index (χ0) is 25.6. The van der Waals surface area contributed by atoms with Crippen molar-refractivity contribution in [2.45, 2.75) is 31.7 Å². The number of ether oxygens (including phenoxy) is 1. The highest BCUT2D eigenvalue weighted by Gasteiger charge is 2.27. The number of imidazole rings is 1. The number of rotatable bonds is 8. The molecule has 0 spiro atoms. The number of carbonyl (C=O) groups excluding carboxylic acids is 2. The number of aromatic nitrogens is 2. The Balaban J connectivity index is 1.42. The van der Waals surface area contributed by atoms with E-state index in [4.69, 9.17) is 4.74 Å². The number of piperidine rings is 1. The molecule has 1 saturated heterocycles. The van der Waals surface area contributed by atoms with Crippen molar-refractivity contribution in [3.63, 3.8) is 0 Å². The Kier molecular flexibility index (Phi) is 7.61. The van der Waals surface area contributed by atoms with Gasteiger partial charge in [-0.25, -0.2) is 4.98 Å². The van der Waals surface area contributed by atoms with Crippen LogP contribution in [0, 0.1) is 0 Å². The minimum absolute atomic E-state index is 0.0270. The molecular weight excluding hydrogens is 464 g/mol. The summed E-state index contributed by atoms with van der Waals surface area (Å²) in [6.45, 7) is 2.03. The highest BCUT2D eigenvalue weighted by atomic mass is 16.5. The SMILES string of the molecule is COCC(=O)Nc1cc(C(=O)N2CCC(c3ccccc3)CC2)c2c(c1)ncn2CCc1ccccc1. The first-order valence-electron chi connectivity index (χ1n) is 12.8. The van der Waals surface area contributed by atoms with Crippen molar-refractivity contribution >= 4 is 28.5 Å². The largest absolute Gasteiger partial charge is 0.375 e. The predicted molar refractivity (Wildman–Crippen MR) is 145 cm³/mol. The first-order chi connectivity index (χ1) is 18.1. The van der Waals surface area contributed by atoms with Gasteiger partial charge in [0.05, 0.1) is 22.9 Å². The molecular formula is C30H32N4O3. The summed E-state index contributed by atoms with van der Waals surface area (Å²) in [4.78, 5) is 32.6. The Morgan fingerprint density at radius 3 is 2.41 bits per heavy atom. The molecule has 1 fully saturated rings. The number of methoxy groups -OCH3 is 1. The van der Waals surface area contributed by atoms with Crippen LogP contribution < -0.4 is 5.32 Å². The highest BCUT2D eigenvalue weighted by Crippen LogP contribution is 2.31. The second-order valence-electron chi connectivity index (χ2n) is 9.52. The second-order valence-corrected chi connectivity index (χ2v) is 9.52. The quantitative estimate of drug-likeness (QED) is 0.377. The van der Waals surface area contributed by atoms with Gasteiger partial charge in [-0.3, -0.25) is 9.59 Å². The van der Waals surface area contributed by atoms with Gasteiger partial charge in [0, 0.05) is 32.4 Å². The summed E-state index contributed by atoms with van der Waals surface area (Å²) in [5.41, 5.74) is 5.16. The summed E-state index contributed by atoms with van der Waals surface area (Å²) in [5, 5.41) is 2.84. The molecule has 190 valence electrons. The lowest BCUT2D eigenvalue weighted by Crippen LogP contribution is -2.38. The van der Waals surface area contributed by atoms with Crippen molar-refractivity contribution < 1.29 is 14.3 Å². The van der Waals surface area contributed by atoms with Crippen LogP contribution in [-0.2, 0) is 22.5 Å². The van der Waals surface area contributed by atoms with Crippen LogP contribution in [0.3, 0.4) is 0 Å². The van der Waals surface area contributed by atoms with Gasteiger partial charge in [-0.1, -0.05) is 60.7 Å². The van der Waals surface area contributed by atoms with E-state index in [0.717, 1.165) is 24.8 Å². The van der Waals surface area contributed by atoms with Crippen molar-refractivity contribution in [2.24, 2.45) is 0 Å². The molecule has 0 saturated carbocycles. The van der Waals surface area contributed by atoms with E-state index in [0.29, 0.717) is 42.3 Å². The van der Waals surface area contributed by atoms with E-state index >= 15 is 0 Å². The molecule has 0 atom stereocenters. The van der Waals surface area contributed by atoms with Crippen LogP contribution in [0.1, 0.15) is 40.2 Å². The van der Waals surface area contributed by atoms with Crippen molar-refractivity contribution in [1.82, 2.24) is 14.5 Å². The van der Waals surface area contributed by atoms with Gasteiger partial charge in [0.1, 0.15) is 6.61 Å². The van der Waals surface area contributed by atoms with Crippen molar-refractivity contribution in [1.29, 1.82) is 0 Å². The topological polar surface area (TPSA) is 76.5 Å². The van der Waals surface area contributed by atoms with E-state index in [1.165, 1.54) is 18.2 Å². The lowest BCUT2D eigenvalue weighted by molar-refractivity contribution is -0.119. The van der Waals surface area contributed by atoms with Gasteiger partial charge < -0.3 is 19.5 Å². The Labute approximate surface area is 217 Å². The Hall–Kier alpha value is -3.97. The molecule has 7 nitrogen and oxygen atoms in total. The van der Waals surface area contributed by atoms with E-state index in [9.17, 15) is 9.59 Å². The van der Waals surface area contributed by atoms with Gasteiger partial charge in [-0.15, -0.1) is 0 Å². The van der Waals surface area contributed by atoms with Crippen LogP contribution in [0.5, 0.6) is 0 Å². The van der Waals surface area contributed by atoms with E-state index in [1.54, 1.807) is 12.4 Å². The summed E-state index contributed by atoms with van der Waals surface area (Å²) >= 11 is 0. The average molecular weight is 497 g/mol. The number of aryl methyl sites for hydroxylation is 2. The molecule has 1 aromatic heterocycles. The summed E-state index contributed by atoms with van der Waals surface area (Å²) in [6, 6.07) is 24.4. The number of amides is 2. The van der Waals surface area contributed by atoms with Crippen LogP contribution in [0.15, 0.2) is 79.1 Å². The zero-order valence-corrected chi connectivity index (χ0v) is 21.1. The Morgan fingerprint density at radius 2 is 1.70 bits per heavy atom. The molecule has 7 heteroatoms. The monoisotopic (exact) mass is 496 g/mol. The fourth-order valence-electron chi connectivity index (χ4n) is 5.15. The number of likely N-dealkylation sites (tertiary alicyclic amines) is 1. The fraction of sp³-hybridized carbons (Fsp3) is 0.300. The number of carbonyl (C=O) groups is 2. The molecule has 1 aliphatic heterocycles. The Morgan fingerprint density at radius 1 is 1.00 bits per heavy atom. The number of nitrogens with one attached hydrogen (secondary N) is 1. The lowest BCUT2D eigenvalue weighted by Gasteiger charge is -2.32. The maximum absolute atomic E-state index is 13.9. The predicted octanol–water partition coefficient (Wildman–Crippen LogP) is 4.88. The maximum Gasteiger partial charge on any atom is 0.256 e. The molecule has 0 radical (unpaired) electrons.